The summed E-state index contributed by atoms with van der Waals surface area (Å²) in [5.74, 6) is -1.46. The van der Waals surface area contributed by atoms with Crippen molar-refractivity contribution in [1.82, 2.24) is 5.32 Å². The van der Waals surface area contributed by atoms with Gasteiger partial charge in [-0.2, -0.15) is 0 Å². The van der Waals surface area contributed by atoms with Crippen molar-refractivity contribution in [2.45, 2.75) is 32.4 Å². The summed E-state index contributed by atoms with van der Waals surface area (Å²) in [6.07, 6.45) is 0. The van der Waals surface area contributed by atoms with E-state index < -0.39 is 24.6 Å². The fourth-order valence-electron chi connectivity index (χ4n) is 1.44. The van der Waals surface area contributed by atoms with Crippen molar-refractivity contribution in [3.8, 4) is 5.75 Å². The Kier molecular flexibility index (Phi) is 5.07. The van der Waals surface area contributed by atoms with Crippen LogP contribution >= 0.6 is 0 Å². The van der Waals surface area contributed by atoms with Gasteiger partial charge in [0, 0.05) is 5.56 Å². The molecule has 0 saturated carbocycles. The van der Waals surface area contributed by atoms with Gasteiger partial charge in [-0.25, -0.2) is 9.18 Å². The Labute approximate surface area is 116 Å². The van der Waals surface area contributed by atoms with Crippen molar-refractivity contribution >= 4 is 11.9 Å². The molecular weight excluding hydrogens is 265 g/mol. The maximum atomic E-state index is 12.4. The molecule has 1 rings (SSSR count). The molecule has 0 aliphatic heterocycles. The Morgan fingerprint density at radius 1 is 1.30 bits per heavy atom. The summed E-state index contributed by atoms with van der Waals surface area (Å²) in [5.41, 5.74) is -0.113. The molecular formula is C14H18FNO4. The topological polar surface area (TPSA) is 75.6 Å². The number of carboxylic acids is 1. The Bertz CT molecular complexity index is 479. The molecule has 0 aliphatic carbocycles. The first kappa shape index (κ1) is 15.9. The number of ether oxygens (including phenoxy) is 1. The molecule has 0 fully saturated rings. The summed E-state index contributed by atoms with van der Waals surface area (Å²) < 4.78 is 18.0. The van der Waals surface area contributed by atoms with Gasteiger partial charge in [0.25, 0.3) is 5.91 Å². The van der Waals surface area contributed by atoms with Gasteiger partial charge in [-0.1, -0.05) is 0 Å². The van der Waals surface area contributed by atoms with Crippen molar-refractivity contribution in [3.05, 3.63) is 29.8 Å². The summed E-state index contributed by atoms with van der Waals surface area (Å²) in [6.45, 7) is 4.53. The van der Waals surface area contributed by atoms with Gasteiger partial charge in [-0.05, 0) is 45.0 Å². The summed E-state index contributed by atoms with van der Waals surface area (Å²) in [7, 11) is 0. The molecule has 0 radical (unpaired) electrons. The molecule has 0 bridgehead atoms. The van der Waals surface area contributed by atoms with Crippen molar-refractivity contribution in [3.63, 3.8) is 0 Å². The average Bonchev–Trinajstić information content (AvgIpc) is 2.34. The summed E-state index contributed by atoms with van der Waals surface area (Å²) in [6, 6.07) is 4.66. The van der Waals surface area contributed by atoms with Gasteiger partial charge in [0.05, 0.1) is 0 Å². The number of halogens is 1. The van der Waals surface area contributed by atoms with E-state index in [4.69, 9.17) is 9.84 Å². The summed E-state index contributed by atoms with van der Waals surface area (Å²) in [4.78, 5) is 22.4. The zero-order valence-corrected chi connectivity index (χ0v) is 11.6. The lowest BCUT2D eigenvalue weighted by Gasteiger charge is -2.21. The number of amides is 1. The van der Waals surface area contributed by atoms with Crippen LogP contribution in [-0.2, 0) is 4.79 Å². The van der Waals surface area contributed by atoms with E-state index in [1.165, 1.54) is 12.1 Å². The van der Waals surface area contributed by atoms with Crippen LogP contribution in [0, 0.1) is 0 Å². The van der Waals surface area contributed by atoms with Gasteiger partial charge in [-0.15, -0.1) is 0 Å². The molecule has 6 heteroatoms. The molecule has 110 valence electrons. The second-order valence-electron chi connectivity index (χ2n) is 5.26. The molecule has 0 saturated heterocycles. The normalized spacial score (nSPS) is 12.6. The fourth-order valence-corrected chi connectivity index (χ4v) is 1.44. The quantitative estimate of drug-likeness (QED) is 0.866. The van der Waals surface area contributed by atoms with E-state index >= 15 is 0 Å². The zero-order chi connectivity index (χ0) is 15.3. The highest BCUT2D eigenvalue weighted by Gasteiger charge is 2.20. The van der Waals surface area contributed by atoms with Gasteiger partial charge in [0.15, 0.2) is 6.04 Å². The third-order valence-electron chi connectivity index (χ3n) is 2.30. The lowest BCUT2D eigenvalue weighted by Crippen LogP contribution is -2.42. The summed E-state index contributed by atoms with van der Waals surface area (Å²) in [5, 5.41) is 10.8. The number of alkyl halides is 1. The highest BCUT2D eigenvalue weighted by molar-refractivity contribution is 5.96. The maximum absolute atomic E-state index is 12.4. The van der Waals surface area contributed by atoms with Crippen LogP contribution in [0.1, 0.15) is 31.1 Å². The SMILES string of the molecule is CC(C)(C)Oc1ccc(C(=O)NC(CF)C(=O)O)cc1. The monoisotopic (exact) mass is 283 g/mol. The van der Waals surface area contributed by atoms with E-state index in [2.05, 4.69) is 5.32 Å². The second kappa shape index (κ2) is 6.36. The fraction of sp³-hybridized carbons (Fsp3) is 0.429. The Morgan fingerprint density at radius 3 is 2.25 bits per heavy atom. The molecule has 0 heterocycles. The highest BCUT2D eigenvalue weighted by Crippen LogP contribution is 2.18. The van der Waals surface area contributed by atoms with E-state index in [0.717, 1.165) is 0 Å². The number of carboxylic acid groups (broad SMARTS) is 1. The zero-order valence-electron chi connectivity index (χ0n) is 11.6. The molecule has 0 aliphatic rings. The van der Waals surface area contributed by atoms with E-state index in [-0.39, 0.29) is 11.2 Å². The van der Waals surface area contributed by atoms with Crippen LogP contribution in [0.15, 0.2) is 24.3 Å². The molecule has 1 atom stereocenters. The van der Waals surface area contributed by atoms with E-state index in [0.29, 0.717) is 5.75 Å². The first-order valence-electron chi connectivity index (χ1n) is 6.11. The number of nitrogens with one attached hydrogen (secondary N) is 1. The minimum atomic E-state index is -1.53. The van der Waals surface area contributed by atoms with Gasteiger partial charge >= 0.3 is 5.97 Å². The van der Waals surface area contributed by atoms with Crippen LogP contribution in [0.2, 0.25) is 0 Å². The summed E-state index contributed by atoms with van der Waals surface area (Å²) >= 11 is 0. The second-order valence-corrected chi connectivity index (χ2v) is 5.26. The van der Waals surface area contributed by atoms with Crippen LogP contribution in [0.4, 0.5) is 4.39 Å². The van der Waals surface area contributed by atoms with E-state index in [1.54, 1.807) is 12.1 Å². The molecule has 1 unspecified atom stereocenters. The lowest BCUT2D eigenvalue weighted by molar-refractivity contribution is -0.139. The predicted molar refractivity (Wildman–Crippen MR) is 71.7 cm³/mol. The molecule has 20 heavy (non-hydrogen) atoms. The van der Waals surface area contributed by atoms with Crippen molar-refractivity contribution < 1.29 is 23.8 Å². The Balaban J connectivity index is 2.73. The highest BCUT2D eigenvalue weighted by atomic mass is 19.1. The van der Waals surface area contributed by atoms with Crippen LogP contribution in [-0.4, -0.2) is 35.3 Å². The number of aliphatic carboxylic acids is 1. The molecule has 0 aromatic heterocycles. The largest absolute Gasteiger partial charge is 0.488 e. The van der Waals surface area contributed by atoms with Crippen molar-refractivity contribution in [2.75, 3.05) is 6.67 Å². The Hall–Kier alpha value is -2.11. The van der Waals surface area contributed by atoms with Crippen molar-refractivity contribution in [1.29, 1.82) is 0 Å². The van der Waals surface area contributed by atoms with Crippen LogP contribution in [0.5, 0.6) is 5.75 Å². The van der Waals surface area contributed by atoms with Gasteiger partial charge < -0.3 is 15.2 Å². The molecule has 5 nitrogen and oxygen atoms in total. The van der Waals surface area contributed by atoms with Crippen LogP contribution in [0.25, 0.3) is 0 Å². The van der Waals surface area contributed by atoms with Gasteiger partial charge in [0.2, 0.25) is 0 Å². The van der Waals surface area contributed by atoms with Crippen LogP contribution < -0.4 is 10.1 Å². The molecule has 1 aromatic rings. The third-order valence-corrected chi connectivity index (χ3v) is 2.30. The maximum Gasteiger partial charge on any atom is 0.328 e. The average molecular weight is 283 g/mol. The minimum Gasteiger partial charge on any atom is -0.488 e. The number of hydrogen-bond donors (Lipinski definition) is 2. The first-order valence-corrected chi connectivity index (χ1v) is 6.11. The van der Waals surface area contributed by atoms with E-state index in [9.17, 15) is 14.0 Å². The van der Waals surface area contributed by atoms with Crippen LogP contribution in [0.3, 0.4) is 0 Å². The minimum absolute atomic E-state index is 0.242. The lowest BCUT2D eigenvalue weighted by atomic mass is 10.1. The number of rotatable bonds is 5. The standard InChI is InChI=1S/C14H18FNO4/c1-14(2,3)20-10-6-4-9(5-7-10)12(17)16-11(8-15)13(18)19/h4-7,11H,8H2,1-3H3,(H,16,17)(H,18,19). The number of hydrogen-bond acceptors (Lipinski definition) is 3. The number of carbonyl (C=O) groups is 2. The molecule has 1 amide bonds. The van der Waals surface area contributed by atoms with Gasteiger partial charge in [0.1, 0.15) is 18.0 Å². The molecule has 1 aromatic carbocycles. The molecule has 2 N–H and O–H groups in total. The predicted octanol–water partition coefficient (Wildman–Crippen LogP) is 2.02. The number of benzene rings is 1. The first-order chi connectivity index (χ1) is 9.23. The van der Waals surface area contributed by atoms with Crippen molar-refractivity contribution in [2.24, 2.45) is 0 Å². The van der Waals surface area contributed by atoms with Gasteiger partial charge in [-0.3, -0.25) is 4.79 Å². The molecule has 0 spiro atoms. The Morgan fingerprint density at radius 2 is 1.85 bits per heavy atom. The number of carbonyl (C=O) groups excluding carboxylic acids is 1. The smallest absolute Gasteiger partial charge is 0.328 e. The van der Waals surface area contributed by atoms with E-state index in [1.807, 2.05) is 20.8 Å². The third kappa shape index (κ3) is 4.87.